The van der Waals surface area contributed by atoms with Crippen molar-refractivity contribution in [2.45, 2.75) is 13.6 Å². The van der Waals surface area contributed by atoms with Crippen LogP contribution in [0.25, 0.3) is 0 Å². The van der Waals surface area contributed by atoms with E-state index in [1.165, 1.54) is 36.4 Å². The molecule has 0 amide bonds. The lowest BCUT2D eigenvalue weighted by molar-refractivity contribution is -0.384. The van der Waals surface area contributed by atoms with Gasteiger partial charge in [0.25, 0.3) is 5.69 Å². The summed E-state index contributed by atoms with van der Waals surface area (Å²) in [6, 6.07) is 8.59. The quantitative estimate of drug-likeness (QED) is 0.257. The normalized spacial score (nSPS) is 10.0. The van der Waals surface area contributed by atoms with Crippen LogP contribution in [0.1, 0.15) is 13.0 Å². The van der Waals surface area contributed by atoms with Crippen LogP contribution in [-0.4, -0.2) is 10.4 Å². The van der Waals surface area contributed by atoms with Gasteiger partial charge in [-0.1, -0.05) is 23.4 Å². The highest BCUT2D eigenvalue weighted by atomic mass is 79.9. The largest absolute Gasteiger partial charge is 0.417 e. The SMILES string of the molecule is C.Nc1ccc(Br)c(C(F)(F)F)c1.O=C(Cl)Oc1ccc([N+](=O)[O-])cc1. The maximum Gasteiger partial charge on any atom is 0.417 e. The molecule has 11 heteroatoms. The van der Waals surface area contributed by atoms with E-state index in [-0.39, 0.29) is 29.0 Å². The molecule has 0 bridgehead atoms. The molecule has 0 saturated carbocycles. The molecule has 0 fully saturated rings. The van der Waals surface area contributed by atoms with Crippen LogP contribution in [-0.2, 0) is 6.18 Å². The van der Waals surface area contributed by atoms with Gasteiger partial charge in [-0.15, -0.1) is 0 Å². The van der Waals surface area contributed by atoms with Gasteiger partial charge in [0.05, 0.1) is 10.5 Å². The first-order chi connectivity index (χ1) is 11.5. The van der Waals surface area contributed by atoms with Gasteiger partial charge in [0, 0.05) is 33.9 Å². The fourth-order valence-corrected chi connectivity index (χ4v) is 2.05. The molecule has 0 saturated heterocycles. The van der Waals surface area contributed by atoms with E-state index in [4.69, 9.17) is 17.3 Å². The highest BCUT2D eigenvalue weighted by Crippen LogP contribution is 2.35. The van der Waals surface area contributed by atoms with Gasteiger partial charge in [-0.2, -0.15) is 13.2 Å². The van der Waals surface area contributed by atoms with Crippen molar-refractivity contribution in [2.75, 3.05) is 5.73 Å². The fourth-order valence-electron chi connectivity index (χ4n) is 1.49. The minimum Gasteiger partial charge on any atom is -0.414 e. The van der Waals surface area contributed by atoms with Crippen molar-refractivity contribution in [3.05, 3.63) is 62.6 Å². The van der Waals surface area contributed by atoms with E-state index in [2.05, 4.69) is 20.7 Å². The van der Waals surface area contributed by atoms with Crippen molar-refractivity contribution in [1.29, 1.82) is 0 Å². The minimum absolute atomic E-state index is 0. The fraction of sp³-hybridized carbons (Fsp3) is 0.133. The lowest BCUT2D eigenvalue weighted by atomic mass is 10.2. The average molecular weight is 458 g/mol. The summed E-state index contributed by atoms with van der Waals surface area (Å²) in [5, 5.41) is 10.2. The lowest BCUT2D eigenvalue weighted by Crippen LogP contribution is -2.06. The maximum absolute atomic E-state index is 12.1. The molecule has 0 aliphatic rings. The number of alkyl halides is 3. The standard InChI is InChI=1S/C7H5BrF3N.C7H4ClNO4.CH4/c8-6-2-1-4(12)3-5(6)7(9,10)11;8-7(10)13-6-3-1-5(2-4-6)9(11)12;/h1-3H,12H2;1-4H;1H4. The maximum atomic E-state index is 12.1. The first kappa shape index (κ1) is 23.7. The Kier molecular flexibility index (Phi) is 9.08. The number of rotatable bonds is 2. The Balaban J connectivity index is 0.000000464. The summed E-state index contributed by atoms with van der Waals surface area (Å²) in [7, 11) is 0. The molecule has 2 aromatic carbocycles. The van der Waals surface area contributed by atoms with Crippen LogP contribution in [0.15, 0.2) is 46.9 Å². The van der Waals surface area contributed by atoms with Crippen LogP contribution < -0.4 is 10.5 Å². The van der Waals surface area contributed by atoms with Crippen molar-refractivity contribution < 1.29 is 27.6 Å². The van der Waals surface area contributed by atoms with E-state index in [1.54, 1.807) is 0 Å². The molecular formula is C15H13BrClF3N2O4. The number of non-ortho nitro benzene ring substituents is 1. The van der Waals surface area contributed by atoms with E-state index >= 15 is 0 Å². The van der Waals surface area contributed by atoms with Gasteiger partial charge < -0.3 is 10.5 Å². The zero-order valence-electron chi connectivity index (χ0n) is 12.1. The number of nitrogen functional groups attached to an aromatic ring is 1. The van der Waals surface area contributed by atoms with Crippen LogP contribution in [0.5, 0.6) is 5.75 Å². The first-order valence-corrected chi connectivity index (χ1v) is 7.42. The van der Waals surface area contributed by atoms with E-state index < -0.39 is 22.1 Å². The van der Waals surface area contributed by atoms with Gasteiger partial charge in [-0.3, -0.25) is 10.1 Å². The predicted molar refractivity (Wildman–Crippen MR) is 95.3 cm³/mol. The average Bonchev–Trinajstić information content (AvgIpc) is 2.49. The van der Waals surface area contributed by atoms with E-state index in [9.17, 15) is 28.1 Å². The van der Waals surface area contributed by atoms with Gasteiger partial charge in [-0.05, 0) is 30.3 Å². The smallest absolute Gasteiger partial charge is 0.414 e. The Hall–Kier alpha value is -2.33. The van der Waals surface area contributed by atoms with Crippen molar-refractivity contribution in [3.63, 3.8) is 0 Å². The topological polar surface area (TPSA) is 95.5 Å². The van der Waals surface area contributed by atoms with E-state index in [0.29, 0.717) is 0 Å². The monoisotopic (exact) mass is 456 g/mol. The van der Waals surface area contributed by atoms with Gasteiger partial charge in [0.15, 0.2) is 0 Å². The number of ether oxygens (including phenoxy) is 1. The number of hydrogen-bond acceptors (Lipinski definition) is 5. The molecule has 6 nitrogen and oxygen atoms in total. The number of halogens is 5. The van der Waals surface area contributed by atoms with Gasteiger partial charge in [0.1, 0.15) is 5.75 Å². The summed E-state index contributed by atoms with van der Waals surface area (Å²) in [4.78, 5) is 19.9. The molecule has 0 unspecified atom stereocenters. The second-order valence-corrected chi connectivity index (χ2v) is 5.49. The zero-order chi connectivity index (χ0) is 19.2. The summed E-state index contributed by atoms with van der Waals surface area (Å²) in [5.74, 6) is 0.172. The zero-order valence-corrected chi connectivity index (χ0v) is 14.4. The molecule has 2 N–H and O–H groups in total. The second-order valence-electron chi connectivity index (χ2n) is 4.33. The minimum atomic E-state index is -4.35. The number of nitrogens with two attached hydrogens (primary N) is 1. The van der Waals surface area contributed by atoms with E-state index in [0.717, 1.165) is 6.07 Å². The third kappa shape index (κ3) is 7.70. The predicted octanol–water partition coefficient (Wildman–Crippen LogP) is 6.02. The molecule has 2 rings (SSSR count). The highest BCUT2D eigenvalue weighted by molar-refractivity contribution is 9.10. The molecule has 26 heavy (non-hydrogen) atoms. The Morgan fingerprint density at radius 2 is 1.73 bits per heavy atom. The Bertz CT molecular complexity index is 770. The number of carbonyl (C=O) groups excluding carboxylic acids is 1. The van der Waals surface area contributed by atoms with Crippen LogP contribution in [0, 0.1) is 10.1 Å². The van der Waals surface area contributed by atoms with Crippen molar-refractivity contribution >= 4 is 44.3 Å². The summed E-state index contributed by atoms with van der Waals surface area (Å²) in [6.45, 7) is 0. The lowest BCUT2D eigenvalue weighted by Gasteiger charge is -2.08. The molecule has 142 valence electrons. The number of hydrogen-bond donors (Lipinski definition) is 1. The summed E-state index contributed by atoms with van der Waals surface area (Å²) < 4.78 is 40.9. The number of carbonyl (C=O) groups is 1. The highest BCUT2D eigenvalue weighted by Gasteiger charge is 2.32. The molecular weight excluding hydrogens is 445 g/mol. The summed E-state index contributed by atoms with van der Waals surface area (Å²) >= 11 is 7.71. The number of nitro groups is 1. The molecule has 0 spiro atoms. The Morgan fingerprint density at radius 1 is 1.19 bits per heavy atom. The number of anilines is 1. The number of benzene rings is 2. The molecule has 0 aliphatic heterocycles. The van der Waals surface area contributed by atoms with Gasteiger partial charge >= 0.3 is 11.6 Å². The second kappa shape index (κ2) is 9.97. The summed E-state index contributed by atoms with van der Waals surface area (Å²) in [5.41, 5.74) is 3.51. The van der Waals surface area contributed by atoms with Crippen LogP contribution in [0.4, 0.5) is 29.3 Å². The number of nitro benzene ring substituents is 1. The molecule has 0 atom stereocenters. The molecule has 0 aliphatic carbocycles. The summed E-state index contributed by atoms with van der Waals surface area (Å²) in [6.07, 6.45) is -4.35. The first-order valence-electron chi connectivity index (χ1n) is 6.24. The third-order valence-corrected chi connectivity index (χ3v) is 3.31. The molecule has 0 aromatic heterocycles. The van der Waals surface area contributed by atoms with Crippen molar-refractivity contribution in [3.8, 4) is 5.75 Å². The Labute approximate surface area is 160 Å². The van der Waals surface area contributed by atoms with Crippen LogP contribution in [0.2, 0.25) is 0 Å². The third-order valence-electron chi connectivity index (χ3n) is 2.54. The van der Waals surface area contributed by atoms with Gasteiger partial charge in [0.2, 0.25) is 0 Å². The molecule has 0 radical (unpaired) electrons. The number of nitrogens with zero attached hydrogens (tertiary/aromatic N) is 1. The van der Waals surface area contributed by atoms with Crippen molar-refractivity contribution in [1.82, 2.24) is 0 Å². The van der Waals surface area contributed by atoms with Crippen LogP contribution in [0.3, 0.4) is 0 Å². The van der Waals surface area contributed by atoms with Crippen LogP contribution >= 0.6 is 27.5 Å². The van der Waals surface area contributed by atoms with E-state index in [1.807, 2.05) is 0 Å². The van der Waals surface area contributed by atoms with Gasteiger partial charge in [-0.25, -0.2) is 4.79 Å². The molecule has 0 heterocycles. The molecule has 2 aromatic rings. The Morgan fingerprint density at radius 3 is 2.12 bits per heavy atom. The van der Waals surface area contributed by atoms with Crippen molar-refractivity contribution in [2.24, 2.45) is 0 Å².